The Kier molecular flexibility index (Phi) is 5.04. The molecule has 130 valence electrons. The summed E-state index contributed by atoms with van der Waals surface area (Å²) in [5.41, 5.74) is 7.36. The summed E-state index contributed by atoms with van der Waals surface area (Å²) < 4.78 is 0. The van der Waals surface area contributed by atoms with Gasteiger partial charge in [-0.2, -0.15) is 0 Å². The first-order chi connectivity index (χ1) is 11.5. The van der Waals surface area contributed by atoms with Gasteiger partial charge in [-0.25, -0.2) is 0 Å². The Morgan fingerprint density at radius 3 is 2.38 bits per heavy atom. The van der Waals surface area contributed by atoms with Crippen molar-refractivity contribution < 1.29 is 9.59 Å². The van der Waals surface area contributed by atoms with Crippen LogP contribution in [-0.4, -0.2) is 59.9 Å². The number of piperazine rings is 1. The fourth-order valence-electron chi connectivity index (χ4n) is 3.00. The van der Waals surface area contributed by atoms with Gasteiger partial charge in [-0.15, -0.1) is 0 Å². The second-order valence-corrected chi connectivity index (χ2v) is 6.79. The molecule has 0 aromatic heterocycles. The second-order valence-electron chi connectivity index (χ2n) is 6.79. The van der Waals surface area contributed by atoms with E-state index in [0.717, 1.165) is 31.5 Å². The van der Waals surface area contributed by atoms with Crippen molar-refractivity contribution in [3.05, 3.63) is 29.8 Å². The van der Waals surface area contributed by atoms with Gasteiger partial charge in [-0.1, -0.05) is 12.1 Å². The molecular formula is C18H26N4O2. The molecule has 1 aliphatic carbocycles. The molecule has 1 saturated heterocycles. The number of amides is 2. The maximum atomic E-state index is 12.4. The van der Waals surface area contributed by atoms with Crippen molar-refractivity contribution in [1.82, 2.24) is 15.1 Å². The van der Waals surface area contributed by atoms with Gasteiger partial charge in [0.15, 0.2) is 0 Å². The van der Waals surface area contributed by atoms with Gasteiger partial charge in [-0.05, 0) is 37.5 Å². The van der Waals surface area contributed by atoms with Crippen LogP contribution in [0.5, 0.6) is 0 Å². The van der Waals surface area contributed by atoms with Crippen molar-refractivity contribution in [2.75, 3.05) is 31.9 Å². The van der Waals surface area contributed by atoms with E-state index in [2.05, 4.69) is 10.2 Å². The number of hydrogen-bond donors (Lipinski definition) is 2. The van der Waals surface area contributed by atoms with E-state index in [4.69, 9.17) is 5.73 Å². The highest BCUT2D eigenvalue weighted by Crippen LogP contribution is 2.19. The predicted octanol–water partition coefficient (Wildman–Crippen LogP) is 0.623. The van der Waals surface area contributed by atoms with Crippen molar-refractivity contribution in [1.29, 1.82) is 0 Å². The molecule has 1 aliphatic heterocycles. The number of carbonyl (C=O) groups is 2. The molecule has 1 aromatic rings. The van der Waals surface area contributed by atoms with Gasteiger partial charge in [-0.3, -0.25) is 14.5 Å². The third kappa shape index (κ3) is 4.26. The van der Waals surface area contributed by atoms with Crippen LogP contribution in [0.1, 0.15) is 25.3 Å². The normalized spacial score (nSPS) is 19.8. The number of rotatable bonds is 5. The summed E-state index contributed by atoms with van der Waals surface area (Å²) in [5.74, 6) is 0.244. The summed E-state index contributed by atoms with van der Waals surface area (Å²) in [6.07, 6.45) is 2.61. The van der Waals surface area contributed by atoms with Gasteiger partial charge >= 0.3 is 0 Å². The van der Waals surface area contributed by atoms with Gasteiger partial charge in [0.2, 0.25) is 11.8 Å². The number of anilines is 1. The molecule has 24 heavy (non-hydrogen) atoms. The lowest BCUT2D eigenvalue weighted by Gasteiger charge is -2.37. The van der Waals surface area contributed by atoms with E-state index >= 15 is 0 Å². The van der Waals surface area contributed by atoms with Crippen molar-refractivity contribution >= 4 is 17.5 Å². The Balaban J connectivity index is 1.46. The number of benzene rings is 1. The van der Waals surface area contributed by atoms with E-state index in [9.17, 15) is 9.59 Å². The van der Waals surface area contributed by atoms with Crippen molar-refractivity contribution in [3.8, 4) is 0 Å². The Morgan fingerprint density at radius 2 is 1.79 bits per heavy atom. The average Bonchev–Trinajstić information content (AvgIpc) is 3.40. The molecule has 6 heteroatoms. The number of nitrogens with zero attached hydrogens (tertiary/aromatic N) is 2. The summed E-state index contributed by atoms with van der Waals surface area (Å²) in [7, 11) is 0. The highest BCUT2D eigenvalue weighted by molar-refractivity contribution is 5.82. The van der Waals surface area contributed by atoms with Crippen LogP contribution in [0.25, 0.3) is 0 Å². The van der Waals surface area contributed by atoms with Crippen LogP contribution in [0.15, 0.2) is 24.3 Å². The monoisotopic (exact) mass is 330 g/mol. The highest BCUT2D eigenvalue weighted by Gasteiger charge is 2.30. The third-order valence-corrected chi connectivity index (χ3v) is 4.85. The predicted molar refractivity (Wildman–Crippen MR) is 93.3 cm³/mol. The molecule has 1 atom stereocenters. The molecule has 2 fully saturated rings. The Bertz CT molecular complexity index is 590. The molecule has 3 rings (SSSR count). The molecular weight excluding hydrogens is 304 g/mol. The molecule has 1 unspecified atom stereocenters. The Labute approximate surface area is 143 Å². The molecule has 6 nitrogen and oxygen atoms in total. The lowest BCUT2D eigenvalue weighted by atomic mass is 10.1. The molecule has 0 spiro atoms. The number of nitrogen functional groups attached to an aromatic ring is 1. The molecule has 1 saturated carbocycles. The molecule has 1 heterocycles. The molecule has 0 bridgehead atoms. The van der Waals surface area contributed by atoms with Crippen molar-refractivity contribution in [2.24, 2.45) is 0 Å². The molecule has 0 radical (unpaired) electrons. The Morgan fingerprint density at radius 1 is 1.17 bits per heavy atom. The van der Waals surface area contributed by atoms with Crippen LogP contribution in [0.4, 0.5) is 5.69 Å². The lowest BCUT2D eigenvalue weighted by Crippen LogP contribution is -2.55. The smallest absolute Gasteiger partial charge is 0.237 e. The maximum Gasteiger partial charge on any atom is 0.237 e. The van der Waals surface area contributed by atoms with E-state index < -0.39 is 0 Å². The van der Waals surface area contributed by atoms with Crippen molar-refractivity contribution in [2.45, 2.75) is 38.3 Å². The topological polar surface area (TPSA) is 78.7 Å². The van der Waals surface area contributed by atoms with Crippen LogP contribution in [0.3, 0.4) is 0 Å². The summed E-state index contributed by atoms with van der Waals surface area (Å²) in [6.45, 7) is 4.78. The maximum absolute atomic E-state index is 12.4. The first-order valence-corrected chi connectivity index (χ1v) is 8.69. The van der Waals surface area contributed by atoms with Crippen molar-refractivity contribution in [3.63, 3.8) is 0 Å². The highest BCUT2D eigenvalue weighted by atomic mass is 16.2. The number of carbonyl (C=O) groups excluding carboxylic acids is 2. The van der Waals surface area contributed by atoms with Crippen LogP contribution in [-0.2, 0) is 16.0 Å². The fraction of sp³-hybridized carbons (Fsp3) is 0.556. The zero-order valence-corrected chi connectivity index (χ0v) is 14.2. The summed E-state index contributed by atoms with van der Waals surface area (Å²) >= 11 is 0. The van der Waals surface area contributed by atoms with Gasteiger partial charge < -0.3 is 16.0 Å². The second kappa shape index (κ2) is 7.21. The van der Waals surface area contributed by atoms with Gasteiger partial charge in [0.05, 0.1) is 12.5 Å². The van der Waals surface area contributed by atoms with E-state index in [-0.39, 0.29) is 17.9 Å². The molecule has 3 N–H and O–H groups in total. The number of nitrogens with one attached hydrogen (secondary N) is 1. The minimum atomic E-state index is -0.125. The zero-order chi connectivity index (χ0) is 17.1. The minimum absolute atomic E-state index is 0.110. The first kappa shape index (κ1) is 16.8. The lowest BCUT2D eigenvalue weighted by molar-refractivity contribution is -0.133. The summed E-state index contributed by atoms with van der Waals surface area (Å²) in [4.78, 5) is 28.6. The van der Waals surface area contributed by atoms with Crippen LogP contribution < -0.4 is 11.1 Å². The molecule has 1 aromatic carbocycles. The summed E-state index contributed by atoms with van der Waals surface area (Å²) in [6, 6.07) is 7.70. The largest absolute Gasteiger partial charge is 0.399 e. The third-order valence-electron chi connectivity index (χ3n) is 4.85. The van der Waals surface area contributed by atoms with Gasteiger partial charge in [0, 0.05) is 37.9 Å². The zero-order valence-electron chi connectivity index (χ0n) is 14.2. The number of hydrogen-bond acceptors (Lipinski definition) is 4. The van der Waals surface area contributed by atoms with Gasteiger partial charge in [0.25, 0.3) is 0 Å². The first-order valence-electron chi connectivity index (χ1n) is 8.69. The van der Waals surface area contributed by atoms with Crippen LogP contribution in [0.2, 0.25) is 0 Å². The SMILES string of the molecule is CC(C(=O)NC1CC1)N1CCN(C(=O)Cc2ccc(N)cc2)CC1. The number of nitrogens with two attached hydrogens (primary N) is 1. The summed E-state index contributed by atoms with van der Waals surface area (Å²) in [5, 5.41) is 3.05. The van der Waals surface area contributed by atoms with Gasteiger partial charge in [0.1, 0.15) is 0 Å². The molecule has 2 aliphatic rings. The van der Waals surface area contributed by atoms with E-state index in [1.165, 1.54) is 0 Å². The van der Waals surface area contributed by atoms with Crippen LogP contribution >= 0.6 is 0 Å². The standard InChI is InChI=1S/C18H26N4O2/c1-13(18(24)20-16-6-7-16)21-8-10-22(11-9-21)17(23)12-14-2-4-15(19)5-3-14/h2-5,13,16H,6-12,19H2,1H3,(H,20,24). The Hall–Kier alpha value is -2.08. The quantitative estimate of drug-likeness (QED) is 0.776. The molecule has 2 amide bonds. The average molecular weight is 330 g/mol. The van der Waals surface area contributed by atoms with E-state index in [1.54, 1.807) is 0 Å². The van der Waals surface area contributed by atoms with E-state index in [1.807, 2.05) is 36.1 Å². The fourth-order valence-corrected chi connectivity index (χ4v) is 3.00. The van der Waals surface area contributed by atoms with Crippen LogP contribution in [0, 0.1) is 0 Å². The van der Waals surface area contributed by atoms with E-state index in [0.29, 0.717) is 31.2 Å². The minimum Gasteiger partial charge on any atom is -0.399 e.